The topological polar surface area (TPSA) is 425 Å². The molecular formula is C117H102N22O10. The van der Waals surface area contributed by atoms with Crippen molar-refractivity contribution in [2.75, 3.05) is 85.1 Å². The van der Waals surface area contributed by atoms with Gasteiger partial charge in [-0.2, -0.15) is 0 Å². The second kappa shape index (κ2) is 50.0. The first-order valence-electron chi connectivity index (χ1n) is 48.4. The van der Waals surface area contributed by atoms with Gasteiger partial charge in [0.2, 0.25) is 53.2 Å². The molecule has 12 heterocycles. The lowest BCUT2D eigenvalue weighted by atomic mass is 10.0. The first kappa shape index (κ1) is 101. The Kier molecular flexibility index (Phi) is 33.9. The molecule has 0 radical (unpaired) electrons. The molecule has 17 rings (SSSR count). The molecule has 10 amide bonds. The summed E-state index contributed by atoms with van der Waals surface area (Å²) in [4.78, 5) is 203. The minimum absolute atomic E-state index is 0.0254. The van der Waals surface area contributed by atoms with Gasteiger partial charge in [0.15, 0.2) is 0 Å². The molecule has 32 heteroatoms. The molecule has 5 aromatic carbocycles. The Labute approximate surface area is 859 Å². The number of pyridine rings is 12. The Morgan fingerprint density at radius 1 is 0.215 bits per heavy atom. The molecular weight excluding hydrogens is 1870 g/mol. The number of nitrogens with zero attached hydrogens (tertiary/aromatic N) is 16. The van der Waals surface area contributed by atoms with Crippen molar-refractivity contribution in [3.8, 4) is 136 Å². The van der Waals surface area contributed by atoms with E-state index in [1.54, 1.807) is 116 Å². The quantitative estimate of drug-likeness (QED) is 0.0207. The highest BCUT2D eigenvalue weighted by molar-refractivity contribution is 5.95. The van der Waals surface area contributed by atoms with Crippen LogP contribution in [-0.2, 0) is 68.8 Å². The number of hydrogen-bond acceptors (Lipinski definition) is 22. The molecule has 0 fully saturated rings. The third-order valence-electron chi connectivity index (χ3n) is 24.3. The third kappa shape index (κ3) is 28.4. The zero-order valence-corrected chi connectivity index (χ0v) is 81.1. The van der Waals surface area contributed by atoms with Crippen molar-refractivity contribution < 1.29 is 47.9 Å². The van der Waals surface area contributed by atoms with Gasteiger partial charge in [-0.25, -0.2) is 19.9 Å². The smallest absolute Gasteiger partial charge is 0.251 e. The first-order valence-corrected chi connectivity index (χ1v) is 48.4. The number of amides is 10. The summed E-state index contributed by atoms with van der Waals surface area (Å²) in [6.07, 6.45) is 12.8. The Bertz CT molecular complexity index is 7310. The summed E-state index contributed by atoms with van der Waals surface area (Å²) in [6.45, 7) is -4.04. The van der Waals surface area contributed by atoms with Gasteiger partial charge in [-0.3, -0.25) is 87.8 Å². The number of hydrogen-bond donors (Lipinski definition) is 6. The number of nitrogens with one attached hydrogen (secondary N) is 5. The molecule has 0 bridgehead atoms. The van der Waals surface area contributed by atoms with E-state index in [1.165, 1.54) is 19.6 Å². The van der Waals surface area contributed by atoms with Gasteiger partial charge in [0.25, 0.3) is 5.91 Å². The normalized spacial score (nSPS) is 10.9. The maximum Gasteiger partial charge on any atom is 0.251 e. The highest BCUT2D eigenvalue weighted by atomic mass is 16.2. The van der Waals surface area contributed by atoms with Gasteiger partial charge in [0.1, 0.15) is 0 Å². The molecule has 0 atom stereocenters. The van der Waals surface area contributed by atoms with Crippen LogP contribution in [0.4, 0.5) is 0 Å². The molecule has 0 aliphatic heterocycles. The largest absolute Gasteiger partial charge is 0.368 e. The van der Waals surface area contributed by atoms with Crippen molar-refractivity contribution in [3.05, 3.63) is 399 Å². The number of primary amides is 1. The first-order chi connectivity index (χ1) is 72.8. The van der Waals surface area contributed by atoms with E-state index in [9.17, 15) is 38.4 Å². The number of carbonyl (C=O) groups is 10. The van der Waals surface area contributed by atoms with Crippen molar-refractivity contribution in [2.24, 2.45) is 5.73 Å². The summed E-state index contributed by atoms with van der Waals surface area (Å²) in [5.74, 6) is -5.80. The van der Waals surface area contributed by atoms with Gasteiger partial charge in [-0.15, -0.1) is 0 Å². The highest BCUT2D eigenvalue weighted by Crippen LogP contribution is 2.36. The van der Waals surface area contributed by atoms with E-state index in [1.807, 2.05) is 255 Å². The predicted molar refractivity (Wildman–Crippen MR) is 566 cm³/mol. The van der Waals surface area contributed by atoms with Crippen molar-refractivity contribution in [2.45, 2.75) is 25.7 Å². The number of benzene rings is 5. The van der Waals surface area contributed by atoms with Crippen LogP contribution < -0.4 is 32.3 Å². The van der Waals surface area contributed by atoms with E-state index < -0.39 is 85.9 Å². The van der Waals surface area contributed by atoms with Gasteiger partial charge in [-0.1, -0.05) is 164 Å². The molecule has 740 valence electrons. The maximum absolute atomic E-state index is 15.1. The molecule has 0 aliphatic rings. The van der Waals surface area contributed by atoms with Crippen LogP contribution in [0.5, 0.6) is 0 Å². The van der Waals surface area contributed by atoms with Crippen LogP contribution in [0.2, 0.25) is 0 Å². The molecule has 0 saturated heterocycles. The molecule has 0 unspecified atom stereocenters. The second-order valence-electron chi connectivity index (χ2n) is 34.9. The summed E-state index contributed by atoms with van der Waals surface area (Å²) in [7, 11) is 0. The van der Waals surface area contributed by atoms with Gasteiger partial charge < -0.3 is 51.9 Å². The van der Waals surface area contributed by atoms with Crippen molar-refractivity contribution in [3.63, 3.8) is 0 Å². The molecule has 7 N–H and O–H groups in total. The van der Waals surface area contributed by atoms with Crippen LogP contribution in [0.3, 0.4) is 0 Å². The van der Waals surface area contributed by atoms with Crippen LogP contribution in [0.25, 0.3) is 136 Å². The SMILES string of the molecule is NC(=O)CNC(=O)CN(CCNC(=O)CN(CCNC(=O)CN(CCNC(=O)CN(CCNC(=O)c1ccccc1)C(=O)Cc1ccc(-c2cc(-c3ccccn3)nc(-c3ccccn3)c2)cc1)C(=O)Cc1ccc(-c2cc(-c3ccccn3)nc(-c3ccccn3)c2)cc1)C(=O)Cc1ccc(-c2cc(-c3ccccn3)nc(-c3ccccn3)c2)cc1)C(=O)Cc1ccc(-c2cc(-c3ccccn3)nc(-c3ccccn3)c2)cc1. The molecule has 17 aromatic rings. The Balaban J connectivity index is 0.608. The van der Waals surface area contributed by atoms with Crippen LogP contribution in [0.15, 0.2) is 371 Å². The number of aromatic nitrogens is 12. The summed E-state index contributed by atoms with van der Waals surface area (Å²) >= 11 is 0. The molecule has 12 aromatic heterocycles. The minimum Gasteiger partial charge on any atom is -0.368 e. The van der Waals surface area contributed by atoms with Gasteiger partial charge >= 0.3 is 0 Å². The zero-order chi connectivity index (χ0) is 103. The highest BCUT2D eigenvalue weighted by Gasteiger charge is 2.27. The fourth-order valence-corrected chi connectivity index (χ4v) is 16.6. The average molecular weight is 1980 g/mol. The predicted octanol–water partition coefficient (Wildman–Crippen LogP) is 13.4. The third-order valence-corrected chi connectivity index (χ3v) is 24.3. The second-order valence-corrected chi connectivity index (χ2v) is 34.9. The summed E-state index contributed by atoms with van der Waals surface area (Å²) < 4.78 is 0. The van der Waals surface area contributed by atoms with E-state index in [0.29, 0.717) is 119 Å². The fourth-order valence-electron chi connectivity index (χ4n) is 16.6. The van der Waals surface area contributed by atoms with Gasteiger partial charge in [-0.05, 0) is 224 Å². The lowest BCUT2D eigenvalue weighted by Crippen LogP contribution is -2.49. The van der Waals surface area contributed by atoms with E-state index in [2.05, 4.69) is 66.5 Å². The standard InChI is InChI=1S/C117H102N22O10/c118-108(140)74-131-112(144)78-138(115(147)64-81-34-42-85(43-35-81)90-70-104(96-26-8-16-50-123-96)134-105(71-90)97-27-9-17-51-124-97)60-56-129-110(142)76-136(113(145)62-79-30-38-83(39-31-79)88-66-100(92-22-4-12-46-119-92)132-101(67-88)93-23-5-13-47-120-93)58-54-127-109(141)75-137(114(146)63-80-32-40-84(41-33-80)89-68-102(94-24-6-14-48-121-94)133-103(69-89)95-25-7-15-49-122-95)59-55-128-111(143)77-139(61-57-130-117(149)87-20-2-1-3-21-87)116(148)65-82-36-44-86(45-37-82)91-72-106(98-28-10-18-52-125-98)135-107(73-91)99-29-11-19-53-126-99/h1-53,66-73H,54-65,74-78H2,(H2,118,140)(H,127,141)(H,128,143)(H,129,142)(H,130,149)(H,131,144). The lowest BCUT2D eigenvalue weighted by molar-refractivity contribution is -0.137. The van der Waals surface area contributed by atoms with Crippen LogP contribution in [0, 0.1) is 0 Å². The number of nitrogens with two attached hydrogens (primary N) is 1. The maximum atomic E-state index is 15.1. The molecule has 149 heavy (non-hydrogen) atoms. The lowest BCUT2D eigenvalue weighted by Gasteiger charge is -2.26. The number of carbonyl (C=O) groups excluding carboxylic acids is 10. The summed E-state index contributed by atoms with van der Waals surface area (Å²) in [6, 6.07) is 98.0. The average Bonchev–Trinajstić information content (AvgIpc) is 0.810. The van der Waals surface area contributed by atoms with E-state index >= 15 is 9.59 Å². The van der Waals surface area contributed by atoms with Gasteiger partial charge in [0.05, 0.1) is 150 Å². The monoisotopic (exact) mass is 1970 g/mol. The Morgan fingerprint density at radius 3 is 0.617 bits per heavy atom. The zero-order valence-electron chi connectivity index (χ0n) is 81.1. The van der Waals surface area contributed by atoms with E-state index in [0.717, 1.165) is 44.5 Å². The summed E-state index contributed by atoms with van der Waals surface area (Å²) in [5, 5.41) is 13.9. The van der Waals surface area contributed by atoms with Crippen LogP contribution in [-0.4, -0.2) is 224 Å². The van der Waals surface area contributed by atoms with Crippen molar-refractivity contribution >= 4 is 59.1 Å². The van der Waals surface area contributed by atoms with E-state index in [-0.39, 0.29) is 83.9 Å². The van der Waals surface area contributed by atoms with Crippen molar-refractivity contribution in [1.82, 2.24) is 106 Å². The molecule has 0 spiro atoms. The van der Waals surface area contributed by atoms with Gasteiger partial charge in [0, 0.05) is 107 Å². The number of rotatable bonds is 43. The minimum atomic E-state index is -0.811. The van der Waals surface area contributed by atoms with E-state index in [4.69, 9.17) is 25.7 Å². The Morgan fingerprint density at radius 2 is 0.416 bits per heavy atom. The fraction of sp³-hybridized carbons (Fsp3) is 0.145. The Hall–Kier alpha value is -19.4. The summed E-state index contributed by atoms with van der Waals surface area (Å²) in [5.41, 5.74) is 24.7. The molecule has 32 nitrogen and oxygen atoms in total. The van der Waals surface area contributed by atoms with Crippen LogP contribution in [0.1, 0.15) is 32.6 Å². The molecule has 0 aliphatic carbocycles. The van der Waals surface area contributed by atoms with Crippen molar-refractivity contribution in [1.29, 1.82) is 0 Å². The van der Waals surface area contributed by atoms with Crippen LogP contribution >= 0.6 is 0 Å². The molecule has 0 saturated carbocycles.